The monoisotopic (exact) mass is 462 g/mol. The minimum Gasteiger partial charge on any atom is -0.394 e. The summed E-state index contributed by atoms with van der Waals surface area (Å²) in [6.07, 6.45) is 5.57. The lowest BCUT2D eigenvalue weighted by atomic mass is 10.1. The molecule has 10 heteroatoms. The second-order valence-corrected chi connectivity index (χ2v) is 7.84. The van der Waals surface area contributed by atoms with E-state index in [0.29, 0.717) is 30.8 Å². The molecule has 0 saturated carbocycles. The highest BCUT2D eigenvalue weighted by Crippen LogP contribution is 2.31. The van der Waals surface area contributed by atoms with Crippen molar-refractivity contribution < 1.29 is 14.2 Å². The van der Waals surface area contributed by atoms with Crippen molar-refractivity contribution in [1.82, 2.24) is 19.3 Å². The van der Waals surface area contributed by atoms with Gasteiger partial charge in [-0.3, -0.25) is 19.3 Å². The minimum atomic E-state index is -0.334. The number of fused-ring (bicyclic) bond motifs is 2. The first kappa shape index (κ1) is 21.9. The van der Waals surface area contributed by atoms with Crippen LogP contribution in [0.4, 0.5) is 15.8 Å². The summed E-state index contributed by atoms with van der Waals surface area (Å²) in [5, 5.41) is 17.6. The van der Waals surface area contributed by atoms with Crippen LogP contribution in [0.5, 0.6) is 0 Å². The summed E-state index contributed by atoms with van der Waals surface area (Å²) in [6, 6.07) is 11.4. The van der Waals surface area contributed by atoms with Crippen LogP contribution in [0.3, 0.4) is 0 Å². The number of benzene rings is 1. The van der Waals surface area contributed by atoms with Gasteiger partial charge in [-0.2, -0.15) is 5.10 Å². The number of hydrogen-bond acceptors (Lipinski definition) is 7. The highest BCUT2D eigenvalue weighted by molar-refractivity contribution is 5.81. The van der Waals surface area contributed by atoms with E-state index in [2.05, 4.69) is 20.4 Å². The second-order valence-electron chi connectivity index (χ2n) is 7.84. The minimum absolute atomic E-state index is 0.0434. The fraction of sp³-hybridized carbons (Fsp3) is 0.250. The number of aliphatic hydroxyl groups is 1. The molecular weight excluding hydrogens is 439 g/mol. The van der Waals surface area contributed by atoms with Gasteiger partial charge in [-0.25, -0.2) is 9.07 Å². The largest absolute Gasteiger partial charge is 0.394 e. The molecule has 3 aromatic heterocycles. The number of nitrogens with one attached hydrogen (secondary N) is 1. The van der Waals surface area contributed by atoms with E-state index in [9.17, 15) is 9.18 Å². The number of pyridine rings is 1. The maximum Gasteiger partial charge on any atom is 0.266 e. The Hall–Kier alpha value is -3.89. The number of aliphatic hydroxyl groups excluding tert-OH is 1. The van der Waals surface area contributed by atoms with Crippen molar-refractivity contribution in [2.24, 2.45) is 4.99 Å². The van der Waals surface area contributed by atoms with Gasteiger partial charge in [0.25, 0.3) is 5.56 Å². The van der Waals surface area contributed by atoms with Crippen LogP contribution in [-0.4, -0.2) is 56.5 Å². The third-order valence-corrected chi connectivity index (χ3v) is 5.58. The molecule has 1 aliphatic heterocycles. The van der Waals surface area contributed by atoms with E-state index in [1.807, 2.05) is 12.1 Å². The van der Waals surface area contributed by atoms with E-state index in [0.717, 1.165) is 22.5 Å². The number of anilines is 1. The van der Waals surface area contributed by atoms with Crippen molar-refractivity contribution in [3.63, 3.8) is 0 Å². The summed E-state index contributed by atoms with van der Waals surface area (Å²) < 4.78 is 22.4. The van der Waals surface area contributed by atoms with Crippen molar-refractivity contribution >= 4 is 28.5 Å². The van der Waals surface area contributed by atoms with E-state index in [1.54, 1.807) is 35.3 Å². The lowest BCUT2D eigenvalue weighted by molar-refractivity contribution is 0.0661. The van der Waals surface area contributed by atoms with Crippen LogP contribution in [0.1, 0.15) is 5.69 Å². The summed E-state index contributed by atoms with van der Waals surface area (Å²) in [4.78, 5) is 21.3. The average Bonchev–Trinajstić information content (AvgIpc) is 3.27. The van der Waals surface area contributed by atoms with Crippen molar-refractivity contribution in [3.8, 4) is 5.82 Å². The van der Waals surface area contributed by atoms with Crippen LogP contribution in [0.15, 0.2) is 64.6 Å². The Morgan fingerprint density at radius 3 is 3.00 bits per heavy atom. The van der Waals surface area contributed by atoms with Gasteiger partial charge in [0, 0.05) is 43.0 Å². The fourth-order valence-corrected chi connectivity index (χ4v) is 3.96. The number of halogens is 1. The summed E-state index contributed by atoms with van der Waals surface area (Å²) in [6.45, 7) is 0.966. The van der Waals surface area contributed by atoms with Crippen LogP contribution in [0.2, 0.25) is 0 Å². The highest BCUT2D eigenvalue weighted by Gasteiger charge is 2.19. The molecular formula is C24H23FN6O3. The van der Waals surface area contributed by atoms with Gasteiger partial charge in [-0.05, 0) is 36.4 Å². The Labute approximate surface area is 194 Å². The van der Waals surface area contributed by atoms with Gasteiger partial charge >= 0.3 is 0 Å². The number of aromatic nitrogens is 4. The smallest absolute Gasteiger partial charge is 0.266 e. The first-order chi connectivity index (χ1) is 16.6. The van der Waals surface area contributed by atoms with Crippen molar-refractivity contribution in [3.05, 3.63) is 76.7 Å². The SMILES string of the molecule is O=c1ccc(-n2ccc3ccc(F)cc32)nn1CCNc1ccnc2c1N=CC(OCCO)C2. The van der Waals surface area contributed by atoms with Gasteiger partial charge in [0.1, 0.15) is 11.5 Å². The number of rotatable bonds is 8. The van der Waals surface area contributed by atoms with Crippen LogP contribution >= 0.6 is 0 Å². The molecule has 5 rings (SSSR count). The number of aliphatic imine (C=N–C) groups is 1. The number of ether oxygens (including phenoxy) is 1. The maximum atomic E-state index is 13.7. The molecule has 1 atom stereocenters. The third-order valence-electron chi connectivity index (χ3n) is 5.58. The quantitative estimate of drug-likeness (QED) is 0.417. The molecule has 0 radical (unpaired) electrons. The lowest BCUT2D eigenvalue weighted by Gasteiger charge is -2.20. The van der Waals surface area contributed by atoms with Gasteiger partial charge in [0.2, 0.25) is 0 Å². The molecule has 9 nitrogen and oxygen atoms in total. The molecule has 4 aromatic rings. The first-order valence-corrected chi connectivity index (χ1v) is 11.0. The van der Waals surface area contributed by atoms with Crippen LogP contribution in [0, 0.1) is 5.82 Å². The van der Waals surface area contributed by atoms with Crippen molar-refractivity contribution in [2.45, 2.75) is 19.1 Å². The zero-order chi connectivity index (χ0) is 23.5. The zero-order valence-corrected chi connectivity index (χ0v) is 18.3. The highest BCUT2D eigenvalue weighted by atomic mass is 19.1. The molecule has 1 aliphatic rings. The Bertz CT molecular complexity index is 1410. The van der Waals surface area contributed by atoms with Gasteiger partial charge in [-0.15, -0.1) is 0 Å². The topological polar surface area (TPSA) is 107 Å². The summed E-state index contributed by atoms with van der Waals surface area (Å²) >= 11 is 0. The molecule has 0 bridgehead atoms. The molecule has 0 spiro atoms. The average molecular weight is 462 g/mol. The van der Waals surface area contributed by atoms with E-state index >= 15 is 0 Å². The third kappa shape index (κ3) is 4.45. The zero-order valence-electron chi connectivity index (χ0n) is 18.3. The molecule has 0 saturated heterocycles. The van der Waals surface area contributed by atoms with Crippen LogP contribution < -0.4 is 10.9 Å². The van der Waals surface area contributed by atoms with Gasteiger partial charge in [0.15, 0.2) is 5.82 Å². The van der Waals surface area contributed by atoms with Gasteiger partial charge in [0.05, 0.1) is 42.8 Å². The van der Waals surface area contributed by atoms with Crippen molar-refractivity contribution in [2.75, 3.05) is 25.1 Å². The summed E-state index contributed by atoms with van der Waals surface area (Å²) in [7, 11) is 0. The van der Waals surface area contributed by atoms with E-state index in [1.165, 1.54) is 22.9 Å². The van der Waals surface area contributed by atoms with Gasteiger partial charge < -0.3 is 15.2 Å². The molecule has 0 amide bonds. The molecule has 4 heterocycles. The Balaban J connectivity index is 1.31. The van der Waals surface area contributed by atoms with Gasteiger partial charge in [-0.1, -0.05) is 0 Å². The molecule has 34 heavy (non-hydrogen) atoms. The maximum absolute atomic E-state index is 13.7. The first-order valence-electron chi connectivity index (χ1n) is 11.0. The molecule has 2 N–H and O–H groups in total. The second kappa shape index (κ2) is 9.54. The fourth-order valence-electron chi connectivity index (χ4n) is 3.96. The van der Waals surface area contributed by atoms with Crippen LogP contribution in [-0.2, 0) is 17.7 Å². The van der Waals surface area contributed by atoms with Crippen LogP contribution in [0.25, 0.3) is 16.7 Å². The van der Waals surface area contributed by atoms with E-state index in [4.69, 9.17) is 9.84 Å². The summed E-state index contributed by atoms with van der Waals surface area (Å²) in [5.74, 6) is 0.194. The van der Waals surface area contributed by atoms with E-state index in [-0.39, 0.29) is 30.7 Å². The Morgan fingerprint density at radius 2 is 2.12 bits per heavy atom. The number of hydrogen-bond donors (Lipinski definition) is 2. The van der Waals surface area contributed by atoms with Crippen molar-refractivity contribution in [1.29, 1.82) is 0 Å². The molecule has 1 aromatic carbocycles. The predicted molar refractivity (Wildman–Crippen MR) is 127 cm³/mol. The number of nitrogens with zero attached hydrogens (tertiary/aromatic N) is 5. The normalized spacial score (nSPS) is 14.9. The molecule has 0 aliphatic carbocycles. The molecule has 0 fully saturated rings. The molecule has 1 unspecified atom stereocenters. The summed E-state index contributed by atoms with van der Waals surface area (Å²) in [5.41, 5.74) is 2.80. The van der Waals surface area contributed by atoms with E-state index < -0.39 is 0 Å². The lowest BCUT2D eigenvalue weighted by Crippen LogP contribution is -2.27. The Kier molecular flexibility index (Phi) is 6.15. The standard InChI is InChI=1S/C24H23FN6O3/c25-17-2-1-16-6-9-30(21(16)13-17)22-3-4-23(33)31(29-22)10-8-27-19-5-7-26-20-14-18(34-12-11-32)15-28-24(19)20/h1-7,9,13,15,18,32H,8,10-12,14H2,(H,26,27). The molecule has 174 valence electrons. The Morgan fingerprint density at radius 1 is 1.21 bits per heavy atom. The predicted octanol–water partition coefficient (Wildman–Crippen LogP) is 2.47.